The monoisotopic (exact) mass is 368 g/mol. The standard InChI is InChI=1S/C18H32N4O4/c23-17(14-26-16-3-7-20(8-4-16)13-18(24)25)22-11-9-21(10-12-22)15-1-5-19-6-2-15/h15-16,19H,1-14H2,(H,24,25). The van der Waals surface area contributed by atoms with Gasteiger partial charge in [-0.05, 0) is 38.8 Å². The van der Waals surface area contributed by atoms with Crippen molar-refractivity contribution in [3.63, 3.8) is 0 Å². The van der Waals surface area contributed by atoms with E-state index in [9.17, 15) is 9.59 Å². The van der Waals surface area contributed by atoms with Crippen LogP contribution in [0, 0.1) is 0 Å². The van der Waals surface area contributed by atoms with Crippen LogP contribution in [0.1, 0.15) is 25.7 Å². The van der Waals surface area contributed by atoms with Crippen molar-refractivity contribution in [2.24, 2.45) is 0 Å². The molecule has 0 aromatic carbocycles. The van der Waals surface area contributed by atoms with Gasteiger partial charge in [-0.25, -0.2) is 0 Å². The molecule has 0 bridgehead atoms. The highest BCUT2D eigenvalue weighted by atomic mass is 16.5. The average Bonchev–Trinajstić information content (AvgIpc) is 2.67. The van der Waals surface area contributed by atoms with Crippen LogP contribution in [0.4, 0.5) is 0 Å². The van der Waals surface area contributed by atoms with E-state index in [0.717, 1.165) is 65.2 Å². The van der Waals surface area contributed by atoms with E-state index in [1.165, 1.54) is 12.8 Å². The minimum Gasteiger partial charge on any atom is -0.480 e. The van der Waals surface area contributed by atoms with Crippen molar-refractivity contribution in [3.8, 4) is 0 Å². The number of piperidine rings is 2. The zero-order valence-electron chi connectivity index (χ0n) is 15.6. The Morgan fingerprint density at radius 1 is 0.962 bits per heavy atom. The molecule has 26 heavy (non-hydrogen) atoms. The molecule has 8 heteroatoms. The second-order valence-electron chi connectivity index (χ2n) is 7.58. The van der Waals surface area contributed by atoms with E-state index in [0.29, 0.717) is 6.04 Å². The van der Waals surface area contributed by atoms with Crippen molar-refractivity contribution in [3.05, 3.63) is 0 Å². The number of hydrogen-bond acceptors (Lipinski definition) is 6. The maximum Gasteiger partial charge on any atom is 0.317 e. The van der Waals surface area contributed by atoms with Gasteiger partial charge in [-0.15, -0.1) is 0 Å². The molecule has 148 valence electrons. The molecule has 0 aromatic rings. The molecule has 3 heterocycles. The summed E-state index contributed by atoms with van der Waals surface area (Å²) in [6.45, 7) is 7.40. The third-order valence-electron chi connectivity index (χ3n) is 5.83. The molecule has 3 saturated heterocycles. The maximum atomic E-state index is 12.4. The van der Waals surface area contributed by atoms with E-state index in [1.807, 2.05) is 9.80 Å². The van der Waals surface area contributed by atoms with Crippen LogP contribution in [0.3, 0.4) is 0 Å². The number of piperazine rings is 1. The molecule has 0 unspecified atom stereocenters. The molecule has 1 amide bonds. The summed E-state index contributed by atoms with van der Waals surface area (Å²) in [7, 11) is 0. The number of rotatable bonds is 6. The van der Waals surface area contributed by atoms with Gasteiger partial charge in [0.25, 0.3) is 0 Å². The number of carbonyl (C=O) groups is 2. The van der Waals surface area contributed by atoms with Crippen molar-refractivity contribution in [1.82, 2.24) is 20.0 Å². The molecule has 0 aromatic heterocycles. The van der Waals surface area contributed by atoms with Crippen LogP contribution in [0.25, 0.3) is 0 Å². The summed E-state index contributed by atoms with van der Waals surface area (Å²) in [6, 6.07) is 0.667. The van der Waals surface area contributed by atoms with Crippen LogP contribution >= 0.6 is 0 Å². The highest BCUT2D eigenvalue weighted by molar-refractivity contribution is 5.77. The van der Waals surface area contributed by atoms with Crippen molar-refractivity contribution in [1.29, 1.82) is 0 Å². The molecule has 3 aliphatic rings. The molecule has 3 fully saturated rings. The lowest BCUT2D eigenvalue weighted by Crippen LogP contribution is -2.54. The van der Waals surface area contributed by atoms with Crippen molar-refractivity contribution in [2.45, 2.75) is 37.8 Å². The van der Waals surface area contributed by atoms with Crippen molar-refractivity contribution < 1.29 is 19.4 Å². The molecule has 0 saturated carbocycles. The van der Waals surface area contributed by atoms with Gasteiger partial charge in [0.1, 0.15) is 6.61 Å². The van der Waals surface area contributed by atoms with E-state index < -0.39 is 5.97 Å². The van der Waals surface area contributed by atoms with Gasteiger partial charge < -0.3 is 20.1 Å². The predicted octanol–water partition coefficient (Wildman–Crippen LogP) is -0.552. The smallest absolute Gasteiger partial charge is 0.317 e. The minimum absolute atomic E-state index is 0.0695. The molecule has 8 nitrogen and oxygen atoms in total. The number of nitrogens with zero attached hydrogens (tertiary/aromatic N) is 3. The molecule has 2 N–H and O–H groups in total. The molecule has 0 radical (unpaired) electrons. The summed E-state index contributed by atoms with van der Waals surface area (Å²) in [4.78, 5) is 29.5. The summed E-state index contributed by atoms with van der Waals surface area (Å²) < 4.78 is 5.81. The second-order valence-corrected chi connectivity index (χ2v) is 7.58. The van der Waals surface area contributed by atoms with Gasteiger partial charge in [-0.1, -0.05) is 0 Å². The SMILES string of the molecule is O=C(O)CN1CCC(OCC(=O)N2CCN(C3CCNCC3)CC2)CC1. The number of likely N-dealkylation sites (tertiary alicyclic amines) is 1. The Labute approximate surface area is 155 Å². The first-order valence-corrected chi connectivity index (χ1v) is 9.90. The van der Waals surface area contributed by atoms with Crippen LogP contribution in [-0.2, 0) is 14.3 Å². The summed E-state index contributed by atoms with van der Waals surface area (Å²) in [5, 5.41) is 12.2. The number of nitrogens with one attached hydrogen (secondary N) is 1. The first kappa shape index (κ1) is 19.5. The highest BCUT2D eigenvalue weighted by Crippen LogP contribution is 2.16. The molecule has 0 aliphatic carbocycles. The number of carboxylic acids is 1. The quantitative estimate of drug-likeness (QED) is 0.651. The number of ether oxygens (including phenoxy) is 1. The Morgan fingerprint density at radius 3 is 2.23 bits per heavy atom. The molecular formula is C18H32N4O4. The lowest BCUT2D eigenvalue weighted by atomic mass is 10.0. The number of carboxylic acid groups (broad SMARTS) is 1. The van der Waals surface area contributed by atoms with Gasteiger partial charge in [0.15, 0.2) is 0 Å². The lowest BCUT2D eigenvalue weighted by Gasteiger charge is -2.41. The highest BCUT2D eigenvalue weighted by Gasteiger charge is 2.28. The van der Waals surface area contributed by atoms with Crippen molar-refractivity contribution >= 4 is 11.9 Å². The van der Waals surface area contributed by atoms with Crippen LogP contribution in [-0.4, -0.2) is 109 Å². The summed E-state index contributed by atoms with van der Waals surface area (Å²) in [6.07, 6.45) is 4.07. The number of hydrogen-bond donors (Lipinski definition) is 2. The fourth-order valence-electron chi connectivity index (χ4n) is 4.21. The Kier molecular flexibility index (Phi) is 7.24. The number of amides is 1. The Balaban J connectivity index is 1.31. The molecular weight excluding hydrogens is 336 g/mol. The van der Waals surface area contributed by atoms with Crippen LogP contribution < -0.4 is 5.32 Å². The van der Waals surface area contributed by atoms with E-state index in [4.69, 9.17) is 9.84 Å². The summed E-state index contributed by atoms with van der Waals surface area (Å²) >= 11 is 0. The van der Waals surface area contributed by atoms with E-state index in [2.05, 4.69) is 10.2 Å². The first-order chi connectivity index (χ1) is 12.6. The van der Waals surface area contributed by atoms with Crippen LogP contribution in [0.2, 0.25) is 0 Å². The minimum atomic E-state index is -0.789. The third kappa shape index (κ3) is 5.64. The fraction of sp³-hybridized carbons (Fsp3) is 0.889. The van der Waals surface area contributed by atoms with Gasteiger partial charge in [0, 0.05) is 45.3 Å². The molecule has 3 rings (SSSR count). The lowest BCUT2D eigenvalue weighted by molar-refractivity contribution is -0.142. The third-order valence-corrected chi connectivity index (χ3v) is 5.83. The molecule has 0 atom stereocenters. The fourth-order valence-corrected chi connectivity index (χ4v) is 4.21. The van der Waals surface area contributed by atoms with Gasteiger partial charge in [-0.2, -0.15) is 0 Å². The predicted molar refractivity (Wildman–Crippen MR) is 97.1 cm³/mol. The Bertz CT molecular complexity index is 468. The largest absolute Gasteiger partial charge is 0.480 e. The average molecular weight is 368 g/mol. The zero-order valence-corrected chi connectivity index (χ0v) is 15.6. The van der Waals surface area contributed by atoms with E-state index in [1.54, 1.807) is 0 Å². The molecule has 0 spiro atoms. The zero-order chi connectivity index (χ0) is 18.4. The van der Waals surface area contributed by atoms with E-state index >= 15 is 0 Å². The summed E-state index contributed by atoms with van der Waals surface area (Å²) in [5.74, 6) is -0.703. The topological polar surface area (TPSA) is 85.3 Å². The van der Waals surface area contributed by atoms with Gasteiger partial charge in [0.2, 0.25) is 5.91 Å². The first-order valence-electron chi connectivity index (χ1n) is 9.90. The second kappa shape index (κ2) is 9.64. The van der Waals surface area contributed by atoms with E-state index in [-0.39, 0.29) is 25.2 Å². The summed E-state index contributed by atoms with van der Waals surface area (Å²) in [5.41, 5.74) is 0. The van der Waals surface area contributed by atoms with Crippen molar-refractivity contribution in [2.75, 3.05) is 65.5 Å². The van der Waals surface area contributed by atoms with Gasteiger partial charge in [0.05, 0.1) is 12.6 Å². The maximum absolute atomic E-state index is 12.4. The van der Waals surface area contributed by atoms with Gasteiger partial charge in [-0.3, -0.25) is 19.4 Å². The number of carbonyl (C=O) groups excluding carboxylic acids is 1. The van der Waals surface area contributed by atoms with Gasteiger partial charge >= 0.3 is 5.97 Å². The van der Waals surface area contributed by atoms with Crippen LogP contribution in [0.5, 0.6) is 0 Å². The normalized spacial score (nSPS) is 24.7. The number of aliphatic carboxylic acids is 1. The Hall–Kier alpha value is -1.22. The Morgan fingerprint density at radius 2 is 1.62 bits per heavy atom. The molecule has 3 aliphatic heterocycles. The van der Waals surface area contributed by atoms with Crippen LogP contribution in [0.15, 0.2) is 0 Å².